The van der Waals surface area contributed by atoms with E-state index in [1.165, 1.54) is 0 Å². The first kappa shape index (κ1) is 12.3. The summed E-state index contributed by atoms with van der Waals surface area (Å²) in [5, 5.41) is 24.9. The number of nitrogens with zero attached hydrogens (tertiary/aromatic N) is 5. The van der Waals surface area contributed by atoms with E-state index in [1.54, 1.807) is 17.9 Å². The Balaban J connectivity index is 2.18. The molecule has 0 aliphatic rings. The number of aromatic hydroxyl groups is 1. The van der Waals surface area contributed by atoms with Gasteiger partial charge in [-0.3, -0.25) is 4.68 Å². The molecule has 0 aliphatic carbocycles. The van der Waals surface area contributed by atoms with Crippen molar-refractivity contribution in [3.8, 4) is 5.75 Å². The maximum absolute atomic E-state index is 9.70. The van der Waals surface area contributed by atoms with Gasteiger partial charge in [0.15, 0.2) is 5.75 Å². The summed E-state index contributed by atoms with van der Waals surface area (Å²) in [5.74, 6) is 0.574. The summed E-state index contributed by atoms with van der Waals surface area (Å²) in [6, 6.07) is -0.199. The molecule has 7 nitrogen and oxygen atoms in total. The number of nitrogens with one attached hydrogen (secondary N) is 1. The number of rotatable bonds is 3. The lowest BCUT2D eigenvalue weighted by Gasteiger charge is -2.11. The third kappa shape index (κ3) is 2.39. The highest BCUT2D eigenvalue weighted by atomic mass is 16.3. The van der Waals surface area contributed by atoms with Gasteiger partial charge in [-0.05, 0) is 20.8 Å². The first-order valence-corrected chi connectivity index (χ1v) is 5.64. The molecular weight excluding hydrogens is 232 g/mol. The normalized spacial score (nSPS) is 12.4. The lowest BCUT2D eigenvalue weighted by Crippen LogP contribution is -2.12. The van der Waals surface area contributed by atoms with Crippen LogP contribution in [0.15, 0.2) is 6.20 Å². The summed E-state index contributed by atoms with van der Waals surface area (Å²) >= 11 is 0. The molecule has 0 spiro atoms. The minimum absolute atomic E-state index is 0.147. The summed E-state index contributed by atoms with van der Waals surface area (Å²) in [6.45, 7) is 5.60. The van der Waals surface area contributed by atoms with Crippen molar-refractivity contribution in [2.75, 3.05) is 5.32 Å². The Morgan fingerprint density at radius 1 is 1.28 bits per heavy atom. The third-order valence-electron chi connectivity index (χ3n) is 2.68. The molecule has 2 aromatic heterocycles. The van der Waals surface area contributed by atoms with Crippen molar-refractivity contribution >= 4 is 5.95 Å². The van der Waals surface area contributed by atoms with Crippen LogP contribution in [0.2, 0.25) is 0 Å². The van der Waals surface area contributed by atoms with Crippen LogP contribution in [0.25, 0.3) is 0 Å². The Labute approximate surface area is 105 Å². The molecule has 2 N–H and O–H groups in total. The zero-order valence-electron chi connectivity index (χ0n) is 10.8. The van der Waals surface area contributed by atoms with E-state index < -0.39 is 0 Å². The van der Waals surface area contributed by atoms with Gasteiger partial charge in [-0.2, -0.15) is 10.2 Å². The Kier molecular flexibility index (Phi) is 3.14. The predicted octanol–water partition coefficient (Wildman–Crippen LogP) is 1.10. The van der Waals surface area contributed by atoms with E-state index in [1.807, 2.05) is 20.8 Å². The molecule has 7 heteroatoms. The van der Waals surface area contributed by atoms with Gasteiger partial charge >= 0.3 is 0 Å². The highest BCUT2D eigenvalue weighted by Gasteiger charge is 2.15. The highest BCUT2D eigenvalue weighted by molar-refractivity contribution is 5.34. The summed E-state index contributed by atoms with van der Waals surface area (Å²) in [7, 11) is 1.75. The molecule has 0 aromatic carbocycles. The fourth-order valence-electron chi connectivity index (χ4n) is 1.58. The van der Waals surface area contributed by atoms with Gasteiger partial charge in [-0.15, -0.1) is 5.10 Å². The lowest BCUT2D eigenvalue weighted by molar-refractivity contribution is 0.465. The van der Waals surface area contributed by atoms with Gasteiger partial charge in [-0.1, -0.05) is 0 Å². The molecule has 0 fully saturated rings. The molecule has 18 heavy (non-hydrogen) atoms. The number of aromatic nitrogens is 5. The molecule has 0 aliphatic heterocycles. The molecule has 96 valence electrons. The minimum atomic E-state index is -0.199. The zero-order valence-corrected chi connectivity index (χ0v) is 10.8. The van der Waals surface area contributed by atoms with Gasteiger partial charge in [0.05, 0.1) is 23.6 Å². The van der Waals surface area contributed by atoms with Crippen molar-refractivity contribution < 1.29 is 5.11 Å². The van der Waals surface area contributed by atoms with Gasteiger partial charge in [0, 0.05) is 7.05 Å². The number of aryl methyl sites for hydroxylation is 3. The molecule has 2 heterocycles. The Morgan fingerprint density at radius 3 is 2.56 bits per heavy atom. The molecule has 0 amide bonds. The second-order valence-corrected chi connectivity index (χ2v) is 4.25. The monoisotopic (exact) mass is 248 g/mol. The quantitative estimate of drug-likeness (QED) is 0.845. The zero-order chi connectivity index (χ0) is 13.3. The van der Waals surface area contributed by atoms with Gasteiger partial charge in [0.2, 0.25) is 5.95 Å². The molecule has 0 radical (unpaired) electrons. The first-order chi connectivity index (χ1) is 8.47. The molecule has 0 saturated heterocycles. The number of hydrogen-bond donors (Lipinski definition) is 2. The van der Waals surface area contributed by atoms with Crippen LogP contribution < -0.4 is 5.32 Å². The van der Waals surface area contributed by atoms with Crippen LogP contribution in [-0.2, 0) is 7.05 Å². The summed E-state index contributed by atoms with van der Waals surface area (Å²) < 4.78 is 1.56. The van der Waals surface area contributed by atoms with E-state index >= 15 is 0 Å². The molecule has 1 unspecified atom stereocenters. The van der Waals surface area contributed by atoms with Gasteiger partial charge in [-0.25, -0.2) is 4.98 Å². The van der Waals surface area contributed by atoms with E-state index in [-0.39, 0.29) is 11.8 Å². The van der Waals surface area contributed by atoms with Crippen molar-refractivity contribution in [1.82, 2.24) is 25.0 Å². The summed E-state index contributed by atoms with van der Waals surface area (Å²) in [5.41, 5.74) is 2.18. The number of anilines is 1. The van der Waals surface area contributed by atoms with E-state index in [4.69, 9.17) is 0 Å². The van der Waals surface area contributed by atoms with Gasteiger partial charge in [0.25, 0.3) is 0 Å². The maximum atomic E-state index is 9.70. The smallest absolute Gasteiger partial charge is 0.243 e. The Bertz CT molecular complexity index is 565. The second kappa shape index (κ2) is 4.59. The second-order valence-electron chi connectivity index (χ2n) is 4.25. The average molecular weight is 248 g/mol. The van der Waals surface area contributed by atoms with E-state index in [9.17, 15) is 5.11 Å². The van der Waals surface area contributed by atoms with Gasteiger partial charge in [0.1, 0.15) is 5.69 Å². The summed E-state index contributed by atoms with van der Waals surface area (Å²) in [4.78, 5) is 4.27. The van der Waals surface area contributed by atoms with Crippen molar-refractivity contribution in [3.63, 3.8) is 0 Å². The Morgan fingerprint density at radius 2 is 2.00 bits per heavy atom. The average Bonchev–Trinajstić information content (AvgIpc) is 2.63. The van der Waals surface area contributed by atoms with Crippen LogP contribution in [0, 0.1) is 13.8 Å². The van der Waals surface area contributed by atoms with Crippen LogP contribution in [0.3, 0.4) is 0 Å². The van der Waals surface area contributed by atoms with Crippen molar-refractivity contribution in [1.29, 1.82) is 0 Å². The maximum Gasteiger partial charge on any atom is 0.243 e. The summed E-state index contributed by atoms with van der Waals surface area (Å²) in [6.07, 6.45) is 1.55. The van der Waals surface area contributed by atoms with Crippen LogP contribution >= 0.6 is 0 Å². The van der Waals surface area contributed by atoms with Crippen molar-refractivity contribution in [3.05, 3.63) is 23.3 Å². The topological polar surface area (TPSA) is 88.8 Å². The van der Waals surface area contributed by atoms with Crippen LogP contribution in [0.5, 0.6) is 5.75 Å². The highest BCUT2D eigenvalue weighted by Crippen LogP contribution is 2.23. The third-order valence-corrected chi connectivity index (χ3v) is 2.68. The molecular formula is C11H16N6O. The SMILES string of the molecule is Cc1nnc(NC(C)c2nn(C)cc2O)nc1C. The fraction of sp³-hybridized carbons (Fsp3) is 0.455. The lowest BCUT2D eigenvalue weighted by atomic mass is 10.2. The first-order valence-electron chi connectivity index (χ1n) is 5.64. The largest absolute Gasteiger partial charge is 0.504 e. The molecule has 2 aromatic rings. The van der Waals surface area contributed by atoms with Crippen LogP contribution in [0.4, 0.5) is 5.95 Å². The molecule has 0 saturated carbocycles. The standard InChI is InChI=1S/C11H16N6O/c1-6-7(2)14-15-11(12-6)13-8(3)10-9(18)5-17(4)16-10/h5,8,18H,1-4H3,(H,12,13,15). The number of hydrogen-bond acceptors (Lipinski definition) is 6. The van der Waals surface area contributed by atoms with E-state index in [2.05, 4.69) is 25.6 Å². The van der Waals surface area contributed by atoms with E-state index in [0.29, 0.717) is 11.6 Å². The molecule has 2 rings (SSSR count). The minimum Gasteiger partial charge on any atom is -0.504 e. The van der Waals surface area contributed by atoms with Crippen molar-refractivity contribution in [2.45, 2.75) is 26.8 Å². The Hall–Kier alpha value is -2.18. The van der Waals surface area contributed by atoms with E-state index in [0.717, 1.165) is 11.4 Å². The predicted molar refractivity (Wildman–Crippen MR) is 66.2 cm³/mol. The van der Waals surface area contributed by atoms with Crippen LogP contribution in [-0.4, -0.2) is 30.1 Å². The fourth-order valence-corrected chi connectivity index (χ4v) is 1.58. The van der Waals surface area contributed by atoms with Gasteiger partial charge < -0.3 is 10.4 Å². The molecule has 1 atom stereocenters. The van der Waals surface area contributed by atoms with Crippen LogP contribution in [0.1, 0.15) is 30.0 Å². The van der Waals surface area contributed by atoms with Crippen molar-refractivity contribution in [2.24, 2.45) is 7.05 Å². The molecule has 0 bridgehead atoms.